The molecule has 3 heteroatoms. The van der Waals surface area contributed by atoms with Gasteiger partial charge >= 0.3 is 0 Å². The van der Waals surface area contributed by atoms with Crippen molar-refractivity contribution in [1.29, 1.82) is 0 Å². The minimum Gasteiger partial charge on any atom is -0.495 e. The first kappa shape index (κ1) is 15.4. The van der Waals surface area contributed by atoms with Crippen LogP contribution >= 0.6 is 11.6 Å². The highest BCUT2D eigenvalue weighted by Crippen LogP contribution is 2.42. The molecule has 1 saturated carbocycles. The Hall–Kier alpha value is -1.02. The number of benzene rings is 1. The number of hydrogen-bond donors (Lipinski definition) is 0. The Labute approximate surface area is 126 Å². The number of methoxy groups -OCH3 is 1. The van der Waals surface area contributed by atoms with Crippen LogP contribution in [0.15, 0.2) is 12.1 Å². The predicted octanol–water partition coefficient (Wildman–Crippen LogP) is 4.77. The van der Waals surface area contributed by atoms with Gasteiger partial charge in [0.05, 0.1) is 12.1 Å². The Morgan fingerprint density at radius 3 is 2.70 bits per heavy atom. The second-order valence-electron chi connectivity index (χ2n) is 5.58. The van der Waals surface area contributed by atoms with Crippen molar-refractivity contribution in [3.63, 3.8) is 0 Å². The third-order valence-electron chi connectivity index (χ3n) is 4.44. The Kier molecular flexibility index (Phi) is 5.09. The lowest BCUT2D eigenvalue weighted by Gasteiger charge is -2.16. The Morgan fingerprint density at radius 2 is 2.10 bits per heavy atom. The van der Waals surface area contributed by atoms with E-state index in [1.807, 2.05) is 13.0 Å². The van der Waals surface area contributed by atoms with Gasteiger partial charge in [0.2, 0.25) is 0 Å². The van der Waals surface area contributed by atoms with E-state index in [1.54, 1.807) is 7.11 Å². The van der Waals surface area contributed by atoms with E-state index in [2.05, 4.69) is 13.0 Å². The Bertz CT molecular complexity index is 496. The molecule has 1 aromatic rings. The fraction of sp³-hybridized carbons (Fsp3) is 0.588. The van der Waals surface area contributed by atoms with E-state index in [1.165, 1.54) is 5.56 Å². The molecule has 0 aliphatic heterocycles. The van der Waals surface area contributed by atoms with Crippen molar-refractivity contribution >= 4 is 17.4 Å². The number of rotatable bonds is 5. The summed E-state index contributed by atoms with van der Waals surface area (Å²) in [6.45, 7) is 4.06. The summed E-state index contributed by atoms with van der Waals surface area (Å²) in [7, 11) is 1.66. The minimum atomic E-state index is 0.246. The Morgan fingerprint density at radius 1 is 1.35 bits per heavy atom. The summed E-state index contributed by atoms with van der Waals surface area (Å²) in [6, 6.07) is 4.22. The average molecular weight is 295 g/mol. The Balaban J connectivity index is 2.22. The van der Waals surface area contributed by atoms with E-state index >= 15 is 0 Å². The van der Waals surface area contributed by atoms with Crippen LogP contribution in [0.4, 0.5) is 0 Å². The maximum absolute atomic E-state index is 11.8. The summed E-state index contributed by atoms with van der Waals surface area (Å²) in [4.78, 5) is 11.8. The lowest BCUT2D eigenvalue weighted by Crippen LogP contribution is -2.09. The van der Waals surface area contributed by atoms with Gasteiger partial charge in [0, 0.05) is 12.3 Å². The second-order valence-corrected chi connectivity index (χ2v) is 5.98. The molecule has 0 N–H and O–H groups in total. The number of ketones is 1. The maximum atomic E-state index is 11.8. The van der Waals surface area contributed by atoms with Gasteiger partial charge in [0.15, 0.2) is 0 Å². The topological polar surface area (TPSA) is 26.3 Å². The van der Waals surface area contributed by atoms with Crippen LogP contribution in [0, 0.1) is 5.92 Å². The van der Waals surface area contributed by atoms with Crippen LogP contribution in [0.1, 0.15) is 56.6 Å². The lowest BCUT2D eigenvalue weighted by molar-refractivity contribution is -0.122. The summed E-state index contributed by atoms with van der Waals surface area (Å²) in [5, 5.41) is 0.687. The van der Waals surface area contributed by atoms with E-state index in [0.29, 0.717) is 23.1 Å². The number of carbonyl (C=O) groups excluding carboxylic acids is 1. The molecule has 2 atom stereocenters. The number of carbonyl (C=O) groups is 1. The molecular weight excluding hydrogens is 272 g/mol. The van der Waals surface area contributed by atoms with Crippen LogP contribution in [0.2, 0.25) is 5.02 Å². The molecule has 1 aromatic carbocycles. The van der Waals surface area contributed by atoms with Crippen LogP contribution in [0.5, 0.6) is 5.75 Å². The quantitative estimate of drug-likeness (QED) is 0.781. The van der Waals surface area contributed by atoms with E-state index in [-0.39, 0.29) is 5.92 Å². The van der Waals surface area contributed by atoms with E-state index in [4.69, 9.17) is 16.3 Å². The third kappa shape index (κ3) is 3.01. The van der Waals surface area contributed by atoms with Gasteiger partial charge in [0.25, 0.3) is 0 Å². The van der Waals surface area contributed by atoms with Crippen molar-refractivity contribution in [1.82, 2.24) is 0 Å². The zero-order chi connectivity index (χ0) is 14.7. The second kappa shape index (κ2) is 6.62. The fourth-order valence-electron chi connectivity index (χ4n) is 3.27. The molecule has 2 unspecified atom stereocenters. The van der Waals surface area contributed by atoms with Crippen molar-refractivity contribution in [2.24, 2.45) is 5.92 Å². The van der Waals surface area contributed by atoms with Crippen molar-refractivity contribution in [2.75, 3.05) is 7.11 Å². The van der Waals surface area contributed by atoms with E-state index in [0.717, 1.165) is 37.0 Å². The van der Waals surface area contributed by atoms with Crippen molar-refractivity contribution in [3.8, 4) is 5.75 Å². The number of aryl methyl sites for hydroxylation is 1. The van der Waals surface area contributed by atoms with E-state index < -0.39 is 0 Å². The molecule has 2 rings (SSSR count). The number of Topliss-reactive ketones (excluding diaryl/α,β-unsaturated/α-hetero) is 1. The first-order chi connectivity index (χ1) is 9.60. The number of hydrogen-bond acceptors (Lipinski definition) is 2. The minimum absolute atomic E-state index is 0.246. The highest BCUT2D eigenvalue weighted by atomic mass is 35.5. The summed E-state index contributed by atoms with van der Waals surface area (Å²) in [5.41, 5.74) is 2.42. The molecule has 1 fully saturated rings. The van der Waals surface area contributed by atoms with Crippen molar-refractivity contribution in [3.05, 3.63) is 28.3 Å². The van der Waals surface area contributed by atoms with E-state index in [9.17, 15) is 4.79 Å². The van der Waals surface area contributed by atoms with Gasteiger partial charge in [0.1, 0.15) is 11.5 Å². The van der Waals surface area contributed by atoms with Gasteiger partial charge < -0.3 is 4.74 Å². The molecule has 0 radical (unpaired) electrons. The molecule has 0 saturated heterocycles. The summed E-state index contributed by atoms with van der Waals surface area (Å²) in [5.74, 6) is 1.90. The SMILES string of the molecule is CCC(=O)C1CCC(c2cc(Cl)c(OC)c(CC)c2)C1. The van der Waals surface area contributed by atoms with Crippen LogP contribution in [0.25, 0.3) is 0 Å². The molecule has 1 aliphatic rings. The van der Waals surface area contributed by atoms with Gasteiger partial charge in [-0.2, -0.15) is 0 Å². The summed E-state index contributed by atoms with van der Waals surface area (Å²) < 4.78 is 5.38. The largest absolute Gasteiger partial charge is 0.495 e. The molecule has 1 aliphatic carbocycles. The van der Waals surface area contributed by atoms with Crippen LogP contribution in [0.3, 0.4) is 0 Å². The normalized spacial score (nSPS) is 22.0. The summed E-state index contributed by atoms with van der Waals surface area (Å²) in [6.07, 6.45) is 4.63. The van der Waals surface area contributed by atoms with Crippen molar-refractivity contribution < 1.29 is 9.53 Å². The first-order valence-corrected chi connectivity index (χ1v) is 7.87. The summed E-state index contributed by atoms with van der Waals surface area (Å²) >= 11 is 6.33. The molecule has 0 bridgehead atoms. The molecule has 2 nitrogen and oxygen atoms in total. The molecule has 0 heterocycles. The first-order valence-electron chi connectivity index (χ1n) is 7.49. The van der Waals surface area contributed by atoms with Gasteiger partial charge in [-0.1, -0.05) is 31.5 Å². The van der Waals surface area contributed by atoms with Gasteiger partial charge in [-0.15, -0.1) is 0 Å². The number of halogens is 1. The molecule has 0 spiro atoms. The average Bonchev–Trinajstić information content (AvgIpc) is 2.95. The van der Waals surface area contributed by atoms with Gasteiger partial charge in [-0.25, -0.2) is 0 Å². The smallest absolute Gasteiger partial charge is 0.140 e. The zero-order valence-electron chi connectivity index (χ0n) is 12.5. The maximum Gasteiger partial charge on any atom is 0.140 e. The monoisotopic (exact) mass is 294 g/mol. The molecule has 20 heavy (non-hydrogen) atoms. The standard InChI is InChI=1S/C17H23ClO2/c1-4-11-8-14(10-15(18)17(11)20-3)12-6-7-13(9-12)16(19)5-2/h8,10,12-13H,4-7,9H2,1-3H3. The predicted molar refractivity (Wildman–Crippen MR) is 82.8 cm³/mol. The zero-order valence-corrected chi connectivity index (χ0v) is 13.3. The van der Waals surface area contributed by atoms with Gasteiger partial charge in [-0.3, -0.25) is 4.79 Å². The molecule has 0 aromatic heterocycles. The van der Waals surface area contributed by atoms with Crippen molar-refractivity contribution in [2.45, 2.75) is 51.9 Å². The van der Waals surface area contributed by atoms with Gasteiger partial charge in [-0.05, 0) is 48.8 Å². The van der Waals surface area contributed by atoms with Crippen LogP contribution in [-0.2, 0) is 11.2 Å². The highest BCUT2D eigenvalue weighted by Gasteiger charge is 2.30. The molecule has 0 amide bonds. The fourth-order valence-corrected chi connectivity index (χ4v) is 3.59. The molecule has 110 valence electrons. The molecular formula is C17H23ClO2. The van der Waals surface area contributed by atoms with Crippen LogP contribution in [-0.4, -0.2) is 12.9 Å². The lowest BCUT2D eigenvalue weighted by atomic mass is 9.92. The third-order valence-corrected chi connectivity index (χ3v) is 4.72. The van der Waals surface area contributed by atoms with Crippen LogP contribution < -0.4 is 4.74 Å². The number of ether oxygens (including phenoxy) is 1. The highest BCUT2D eigenvalue weighted by molar-refractivity contribution is 6.32.